The molecule has 7 aromatic carbocycles. The molecule has 0 spiro atoms. The molecule has 0 amide bonds. The highest BCUT2D eigenvalue weighted by molar-refractivity contribution is 6.35. The number of hydrogen-bond donors (Lipinski definition) is 0. The van der Waals surface area contributed by atoms with Crippen LogP contribution < -0.4 is 0 Å². The molecule has 0 aromatic heterocycles. The van der Waals surface area contributed by atoms with Gasteiger partial charge in [0.25, 0.3) is 0 Å². The Kier molecular flexibility index (Phi) is 4.03. The Morgan fingerprint density at radius 3 is 1.42 bits per heavy atom. The van der Waals surface area contributed by atoms with Crippen molar-refractivity contribution < 1.29 is 0 Å². The van der Waals surface area contributed by atoms with Crippen LogP contribution in [0.4, 0.5) is 0 Å². The van der Waals surface area contributed by atoms with E-state index in [9.17, 15) is 0 Å². The van der Waals surface area contributed by atoms with Crippen molar-refractivity contribution in [1.82, 2.24) is 0 Å². The van der Waals surface area contributed by atoms with Gasteiger partial charge in [-0.1, -0.05) is 121 Å². The first kappa shape index (κ1) is 19.6. The van der Waals surface area contributed by atoms with Gasteiger partial charge in [0, 0.05) is 0 Å². The largest absolute Gasteiger partial charge is 0.0622 e. The molecular weight excluding hydrogens is 432 g/mol. The molecule has 0 radical (unpaired) electrons. The zero-order chi connectivity index (χ0) is 23.6. The second-order valence-corrected chi connectivity index (χ2v) is 9.69. The van der Waals surface area contributed by atoms with Crippen LogP contribution in [0.1, 0.15) is 22.3 Å². The minimum atomic E-state index is 1.26. The van der Waals surface area contributed by atoms with Gasteiger partial charge in [-0.2, -0.15) is 0 Å². The maximum atomic E-state index is 2.43. The molecule has 0 fully saturated rings. The highest BCUT2D eigenvalue weighted by Crippen LogP contribution is 2.52. The molecule has 8 rings (SSSR count). The van der Waals surface area contributed by atoms with E-state index in [-0.39, 0.29) is 0 Å². The fourth-order valence-corrected chi connectivity index (χ4v) is 6.28. The Balaban J connectivity index is 1.66. The number of benzene rings is 7. The van der Waals surface area contributed by atoms with Crippen LogP contribution in [-0.2, 0) is 0 Å². The summed E-state index contributed by atoms with van der Waals surface area (Å²) in [4.78, 5) is 0. The topological polar surface area (TPSA) is 0 Å². The summed E-state index contributed by atoms with van der Waals surface area (Å²) in [5.41, 5.74) is 7.84. The second kappa shape index (κ2) is 7.41. The third kappa shape index (κ3) is 2.64. The van der Waals surface area contributed by atoms with E-state index in [1.165, 1.54) is 76.5 Å². The summed E-state index contributed by atoms with van der Waals surface area (Å²) in [7, 11) is 0. The number of hydrogen-bond acceptors (Lipinski definition) is 0. The minimum Gasteiger partial charge on any atom is -0.0622 e. The Morgan fingerprint density at radius 1 is 0.306 bits per heavy atom. The van der Waals surface area contributed by atoms with Crippen LogP contribution in [0.3, 0.4) is 0 Å². The van der Waals surface area contributed by atoms with Crippen LogP contribution in [0.25, 0.3) is 54.2 Å². The van der Waals surface area contributed by atoms with E-state index in [4.69, 9.17) is 0 Å². The molecule has 0 nitrogen and oxygen atoms in total. The lowest BCUT2D eigenvalue weighted by atomic mass is 9.88. The van der Waals surface area contributed by atoms with Crippen molar-refractivity contribution in [2.24, 2.45) is 0 Å². The maximum absolute atomic E-state index is 2.43. The average molecular weight is 455 g/mol. The first-order valence-electron chi connectivity index (χ1n) is 12.5. The molecule has 0 unspecified atom stereocenters. The Hall–Kier alpha value is -4.68. The highest BCUT2D eigenvalue weighted by Gasteiger charge is 2.29. The van der Waals surface area contributed by atoms with Gasteiger partial charge in [0.2, 0.25) is 0 Å². The van der Waals surface area contributed by atoms with Crippen LogP contribution >= 0.6 is 0 Å². The molecule has 1 aliphatic carbocycles. The molecule has 0 bridgehead atoms. The molecule has 1 aliphatic rings. The van der Waals surface area contributed by atoms with Crippen LogP contribution in [-0.4, -0.2) is 0 Å². The predicted molar refractivity (Wildman–Crippen MR) is 154 cm³/mol. The monoisotopic (exact) mass is 454 g/mol. The summed E-state index contributed by atoms with van der Waals surface area (Å²) >= 11 is 0. The fourth-order valence-electron chi connectivity index (χ4n) is 6.28. The van der Waals surface area contributed by atoms with Crippen molar-refractivity contribution in [2.45, 2.75) is 0 Å². The van der Waals surface area contributed by atoms with Crippen LogP contribution in [0.5, 0.6) is 0 Å². The van der Waals surface area contributed by atoms with Crippen molar-refractivity contribution in [2.75, 3.05) is 0 Å². The molecule has 36 heavy (non-hydrogen) atoms. The van der Waals surface area contributed by atoms with Crippen LogP contribution in [0, 0.1) is 0 Å². The zero-order valence-corrected chi connectivity index (χ0v) is 19.7. The van der Waals surface area contributed by atoms with E-state index in [2.05, 4.69) is 133 Å². The van der Waals surface area contributed by atoms with E-state index in [1.54, 1.807) is 0 Å². The van der Waals surface area contributed by atoms with Gasteiger partial charge < -0.3 is 0 Å². The highest BCUT2D eigenvalue weighted by atomic mass is 14.3. The van der Waals surface area contributed by atoms with Crippen molar-refractivity contribution in [3.05, 3.63) is 156 Å². The summed E-state index contributed by atoms with van der Waals surface area (Å²) in [5.74, 6) is 0. The quantitative estimate of drug-likeness (QED) is 0.228. The minimum absolute atomic E-state index is 1.26. The fraction of sp³-hybridized carbons (Fsp3) is 0. The van der Waals surface area contributed by atoms with E-state index in [0.717, 1.165) is 0 Å². The molecule has 166 valence electrons. The Bertz CT molecular complexity index is 1950. The third-order valence-electron chi connectivity index (χ3n) is 7.74. The number of rotatable bonds is 2. The van der Waals surface area contributed by atoms with Crippen molar-refractivity contribution >= 4 is 54.2 Å². The Morgan fingerprint density at radius 2 is 0.778 bits per heavy atom. The van der Waals surface area contributed by atoms with Gasteiger partial charge >= 0.3 is 0 Å². The molecule has 0 heterocycles. The van der Waals surface area contributed by atoms with Gasteiger partial charge in [-0.05, 0) is 88.6 Å². The van der Waals surface area contributed by atoms with Crippen molar-refractivity contribution in [1.29, 1.82) is 0 Å². The lowest BCUT2D eigenvalue weighted by Crippen LogP contribution is -1.90. The normalized spacial score (nSPS) is 12.9. The summed E-state index contributed by atoms with van der Waals surface area (Å²) in [6.07, 6.45) is 0. The summed E-state index contributed by atoms with van der Waals surface area (Å²) in [6.45, 7) is 0. The van der Waals surface area contributed by atoms with E-state index in [0.29, 0.717) is 0 Å². The van der Waals surface area contributed by atoms with Gasteiger partial charge in [0.15, 0.2) is 0 Å². The van der Waals surface area contributed by atoms with Crippen LogP contribution in [0.2, 0.25) is 0 Å². The summed E-state index contributed by atoms with van der Waals surface area (Å²) in [6, 6.07) is 48.9. The van der Waals surface area contributed by atoms with Crippen molar-refractivity contribution in [3.8, 4) is 0 Å². The molecule has 0 N–H and O–H groups in total. The average Bonchev–Trinajstić information content (AvgIpc) is 3.27. The zero-order valence-electron chi connectivity index (χ0n) is 19.7. The molecule has 0 atom stereocenters. The Labute approximate surface area is 209 Å². The van der Waals surface area contributed by atoms with Gasteiger partial charge in [-0.3, -0.25) is 0 Å². The van der Waals surface area contributed by atoms with Gasteiger partial charge in [0.1, 0.15) is 0 Å². The SMILES string of the molecule is c1ccc(C2=C(c3ccccc3)c3cc4ccc5ccccc5c4c4c3c2cc2ccccc24)cc1. The van der Waals surface area contributed by atoms with Crippen molar-refractivity contribution in [3.63, 3.8) is 0 Å². The summed E-state index contributed by atoms with van der Waals surface area (Å²) in [5, 5.41) is 10.6. The van der Waals surface area contributed by atoms with E-state index in [1.807, 2.05) is 0 Å². The molecule has 7 aromatic rings. The second-order valence-electron chi connectivity index (χ2n) is 9.69. The molecule has 0 saturated heterocycles. The first-order valence-corrected chi connectivity index (χ1v) is 12.5. The molecule has 0 aliphatic heterocycles. The standard InChI is InChI=1S/C36H22/c1-3-12-24(13-4-1)32-30-21-26-16-8-10-18-29(26)36-34-27(20-19-23-11-7-9-17-28(23)34)22-31(35(30)36)33(32)25-14-5-2-6-15-25/h1-22H. The smallest absolute Gasteiger partial charge is 0.000806 e. The van der Waals surface area contributed by atoms with E-state index < -0.39 is 0 Å². The first-order chi connectivity index (χ1) is 17.9. The van der Waals surface area contributed by atoms with Gasteiger partial charge in [-0.15, -0.1) is 0 Å². The lowest BCUT2D eigenvalue weighted by molar-refractivity contribution is 1.58. The van der Waals surface area contributed by atoms with Gasteiger partial charge in [-0.25, -0.2) is 0 Å². The molecule has 0 heteroatoms. The molecular formula is C36H22. The van der Waals surface area contributed by atoms with E-state index >= 15 is 0 Å². The van der Waals surface area contributed by atoms with Crippen LogP contribution in [0.15, 0.2) is 133 Å². The number of fused-ring (bicyclic) bond motifs is 6. The predicted octanol–water partition coefficient (Wildman–Crippen LogP) is 9.62. The van der Waals surface area contributed by atoms with Gasteiger partial charge in [0.05, 0.1) is 0 Å². The lowest BCUT2D eigenvalue weighted by Gasteiger charge is -2.14. The summed E-state index contributed by atoms with van der Waals surface area (Å²) < 4.78 is 0. The maximum Gasteiger partial charge on any atom is -0.000806 e. The third-order valence-corrected chi connectivity index (χ3v) is 7.74. The molecule has 0 saturated carbocycles.